The Hall–Kier alpha value is -7.18. The van der Waals surface area contributed by atoms with E-state index in [1.807, 2.05) is 5.32 Å². The van der Waals surface area contributed by atoms with Crippen LogP contribution in [-0.2, 0) is 52.7 Å². The number of carbonyl (C=O) groups excluding carboxylic acids is 10. The number of nitrogens with two attached hydrogens (primary N) is 8. The number of rotatable bonds is 44. The summed E-state index contributed by atoms with van der Waals surface area (Å²) in [6, 6.07) is -13.5. The van der Waals surface area contributed by atoms with E-state index in [1.165, 1.54) is 18.7 Å². The maximum Gasteiger partial charge on any atom is 0.328 e. The molecule has 0 saturated heterocycles. The van der Waals surface area contributed by atoms with Gasteiger partial charge in [-0.1, -0.05) is 6.42 Å². The van der Waals surface area contributed by atoms with Crippen molar-refractivity contribution in [3.63, 3.8) is 0 Å². The molecule has 0 fully saturated rings. The Morgan fingerprint density at radius 3 is 1.37 bits per heavy atom. The van der Waals surface area contributed by atoms with Gasteiger partial charge in [0.1, 0.15) is 48.3 Å². The van der Waals surface area contributed by atoms with E-state index < -0.39 is 158 Å². The zero-order valence-corrected chi connectivity index (χ0v) is 46.6. The van der Waals surface area contributed by atoms with Gasteiger partial charge in [-0.3, -0.25) is 57.9 Å². The highest BCUT2D eigenvalue weighted by Gasteiger charge is 2.35. The highest BCUT2D eigenvalue weighted by molar-refractivity contribution is 7.98. The lowest BCUT2D eigenvalue weighted by atomic mass is 10.0. The number of thioether (sulfide) groups is 1. The van der Waals surface area contributed by atoms with Gasteiger partial charge in [-0.15, -0.1) is 0 Å². The average Bonchev–Trinajstić information content (AvgIpc) is 3.40. The molecule has 0 unspecified atom stereocenters. The average molecular weight is 1180 g/mol. The number of aliphatic hydroxyl groups is 3. The van der Waals surface area contributed by atoms with Crippen LogP contribution in [0.5, 0.6) is 0 Å². The Morgan fingerprint density at radius 2 is 0.901 bits per heavy atom. The summed E-state index contributed by atoms with van der Waals surface area (Å²) in [6.45, 7) is -1.20. The first-order valence-electron chi connectivity index (χ1n) is 26.1. The summed E-state index contributed by atoms with van der Waals surface area (Å²) < 4.78 is 0. The smallest absolute Gasteiger partial charge is 0.328 e. The fourth-order valence-electron chi connectivity index (χ4n) is 7.21. The second kappa shape index (κ2) is 41.8. The van der Waals surface area contributed by atoms with E-state index in [2.05, 4.69) is 52.5 Å². The predicted molar refractivity (Wildman–Crippen MR) is 297 cm³/mol. The molecule has 34 nitrogen and oxygen atoms in total. The molecular formula is C46H87N19O15S. The highest BCUT2D eigenvalue weighted by Crippen LogP contribution is 2.10. The molecule has 0 aliphatic rings. The third-order valence-corrected chi connectivity index (χ3v) is 12.4. The molecule has 0 bridgehead atoms. The molecule has 462 valence electrons. The number of carboxylic acids is 1. The van der Waals surface area contributed by atoms with Crippen molar-refractivity contribution in [3.8, 4) is 0 Å². The number of carbonyl (C=O) groups is 11. The molecule has 0 rings (SSSR count). The SMILES string of the molecule is CSCC[C@H](NC(=O)[C@H](CCCCN)NC(=O)[C@@H](N)CCCCN)C(=O)N[C@H](C(=O)N[C@@H](CCCN=C(N)N)C(=O)NCC(=O)N[C@@H](CCCN=C(N)N)C(=O)N[C@@H](CCC(N)=O)C(=O)N[C@@H](CO)C(=O)N[C@@H](CO)C(=O)O)[C@@H](C)O. The van der Waals surface area contributed by atoms with Gasteiger partial charge >= 0.3 is 5.97 Å². The molecule has 10 atom stereocenters. The molecule has 0 aliphatic heterocycles. The molecular weight excluding hydrogens is 1090 g/mol. The number of aliphatic carboxylic acids is 1. The number of primary amides is 1. The van der Waals surface area contributed by atoms with Crippen LogP contribution in [0.4, 0.5) is 0 Å². The van der Waals surface area contributed by atoms with E-state index in [9.17, 15) is 73.2 Å². The van der Waals surface area contributed by atoms with Crippen LogP contribution in [0, 0.1) is 0 Å². The number of carboxylic acid groups (broad SMARTS) is 1. The van der Waals surface area contributed by atoms with Gasteiger partial charge in [-0.2, -0.15) is 11.8 Å². The van der Waals surface area contributed by atoms with E-state index >= 15 is 0 Å². The van der Waals surface area contributed by atoms with Gasteiger partial charge in [0.2, 0.25) is 59.1 Å². The van der Waals surface area contributed by atoms with E-state index in [0.717, 1.165) is 0 Å². The van der Waals surface area contributed by atoms with Crippen molar-refractivity contribution in [2.45, 2.75) is 151 Å². The first kappa shape index (κ1) is 73.8. The zero-order chi connectivity index (χ0) is 61.6. The van der Waals surface area contributed by atoms with Gasteiger partial charge < -0.3 is 114 Å². The molecule has 0 aromatic heterocycles. The molecule has 10 amide bonds. The van der Waals surface area contributed by atoms with Gasteiger partial charge in [0.05, 0.1) is 31.9 Å². The van der Waals surface area contributed by atoms with Crippen molar-refractivity contribution < 1.29 is 73.2 Å². The Morgan fingerprint density at radius 1 is 0.494 bits per heavy atom. The van der Waals surface area contributed by atoms with Crippen LogP contribution in [0.25, 0.3) is 0 Å². The second-order valence-corrected chi connectivity index (χ2v) is 19.5. The van der Waals surface area contributed by atoms with Gasteiger partial charge in [-0.05, 0) is 103 Å². The van der Waals surface area contributed by atoms with Gasteiger partial charge in [0, 0.05) is 19.5 Å². The van der Waals surface area contributed by atoms with Crippen molar-refractivity contribution >= 4 is 88.7 Å². The number of aliphatic imine (C=N–C) groups is 2. The van der Waals surface area contributed by atoms with Crippen molar-refractivity contribution in [1.82, 2.24) is 47.9 Å². The normalized spacial score (nSPS) is 14.6. The molecule has 35 heteroatoms. The number of hydrogen-bond acceptors (Lipinski definition) is 20. The van der Waals surface area contributed by atoms with Crippen LogP contribution < -0.4 is 93.7 Å². The third kappa shape index (κ3) is 32.0. The van der Waals surface area contributed by atoms with E-state index in [1.54, 1.807) is 6.26 Å². The largest absolute Gasteiger partial charge is 0.480 e. The minimum absolute atomic E-state index is 0.0259. The van der Waals surface area contributed by atoms with Gasteiger partial charge in [0.15, 0.2) is 11.9 Å². The number of unbranched alkanes of at least 4 members (excludes halogenated alkanes) is 2. The minimum atomic E-state index is -1.82. The molecule has 0 aliphatic carbocycles. The predicted octanol–water partition coefficient (Wildman–Crippen LogP) is -9.86. The third-order valence-electron chi connectivity index (χ3n) is 11.7. The molecule has 0 spiro atoms. The number of amides is 10. The molecule has 0 heterocycles. The summed E-state index contributed by atoms with van der Waals surface area (Å²) >= 11 is 1.34. The summed E-state index contributed by atoms with van der Waals surface area (Å²) in [6.07, 6.45) is 1.47. The Kier molecular flexibility index (Phi) is 38.1. The first-order chi connectivity index (χ1) is 38.3. The molecule has 0 saturated carbocycles. The summed E-state index contributed by atoms with van der Waals surface area (Å²) in [5, 5.41) is 60.4. The van der Waals surface area contributed by atoms with Crippen LogP contribution in [0.3, 0.4) is 0 Å². The maximum atomic E-state index is 13.9. The van der Waals surface area contributed by atoms with Crippen LogP contribution in [-0.4, -0.2) is 216 Å². The number of guanidine groups is 2. The summed E-state index contributed by atoms with van der Waals surface area (Å²) in [4.78, 5) is 153. The van der Waals surface area contributed by atoms with E-state index in [0.29, 0.717) is 50.9 Å². The first-order valence-corrected chi connectivity index (χ1v) is 27.5. The van der Waals surface area contributed by atoms with Crippen LogP contribution >= 0.6 is 11.8 Å². The molecule has 81 heavy (non-hydrogen) atoms. The number of nitrogens with zero attached hydrogens (tertiary/aromatic N) is 2. The fraction of sp³-hybridized carbons (Fsp3) is 0.717. The second-order valence-electron chi connectivity index (χ2n) is 18.5. The van der Waals surface area contributed by atoms with Crippen LogP contribution in [0.2, 0.25) is 0 Å². The Balaban J connectivity index is 6.60. The number of aliphatic hydroxyl groups excluding tert-OH is 3. The van der Waals surface area contributed by atoms with Crippen molar-refractivity contribution in [1.29, 1.82) is 0 Å². The lowest BCUT2D eigenvalue weighted by molar-refractivity contribution is -0.143. The van der Waals surface area contributed by atoms with E-state index in [4.69, 9.17) is 45.9 Å². The van der Waals surface area contributed by atoms with Gasteiger partial charge in [-0.25, -0.2) is 4.79 Å². The Bertz CT molecular complexity index is 2100. The molecule has 0 aromatic rings. The molecule has 29 N–H and O–H groups in total. The quantitative estimate of drug-likeness (QED) is 0.0153. The van der Waals surface area contributed by atoms with Crippen molar-refractivity contribution in [3.05, 3.63) is 0 Å². The van der Waals surface area contributed by atoms with Crippen molar-refractivity contribution in [2.24, 2.45) is 55.9 Å². The number of hydrogen-bond donors (Lipinski definition) is 21. The fourth-order valence-corrected chi connectivity index (χ4v) is 7.68. The lowest BCUT2D eigenvalue weighted by Crippen LogP contribution is -2.61. The standard InChI is InChI=1S/C46H87N19O15S/c1-24(68)35(65-41(76)30(15-20-81-2)61-39(74)28(10-4-6-17-48)59-36(71)25(49)9-3-5-16-47)43(78)62-26(11-7-18-55-45(51)52)37(72)57-21-34(70)58-27(12-8-19-56-46(53)54)38(73)60-29(13-14-33(50)69)40(75)63-31(22-66)42(77)64-32(23-67)44(79)80/h24-32,35,66-68H,3-23,47-49H2,1-2H3,(H2,50,69)(H,57,72)(H,58,70)(H,59,71)(H,60,73)(H,61,74)(H,62,78)(H,63,75)(H,64,77)(H,65,76)(H,79,80)(H4,51,52,55)(H4,53,54,56)/t24-,25+,26+,27+,28+,29+,30+,31+,32+,35+/m1/s1. The van der Waals surface area contributed by atoms with Crippen LogP contribution in [0.15, 0.2) is 9.98 Å². The number of nitrogens with one attached hydrogen (secondary N) is 9. The van der Waals surface area contributed by atoms with Crippen LogP contribution in [0.1, 0.15) is 90.4 Å². The summed E-state index contributed by atoms with van der Waals surface area (Å²) in [7, 11) is 0. The topological polar surface area (TPSA) is 610 Å². The highest BCUT2D eigenvalue weighted by atomic mass is 32.2. The molecule has 0 radical (unpaired) electrons. The lowest BCUT2D eigenvalue weighted by Gasteiger charge is -2.28. The summed E-state index contributed by atoms with van der Waals surface area (Å²) in [5.74, 6) is -11.6. The van der Waals surface area contributed by atoms with Crippen molar-refractivity contribution in [2.75, 3.05) is 57.9 Å². The summed E-state index contributed by atoms with van der Waals surface area (Å²) in [5.41, 5.74) is 44.3. The zero-order valence-electron chi connectivity index (χ0n) is 45.8. The Labute approximate surface area is 473 Å². The molecule has 0 aromatic carbocycles. The van der Waals surface area contributed by atoms with Gasteiger partial charge in [0.25, 0.3) is 0 Å². The van der Waals surface area contributed by atoms with E-state index in [-0.39, 0.29) is 63.5 Å². The minimum Gasteiger partial charge on any atom is -0.480 e. The maximum absolute atomic E-state index is 13.9. The monoisotopic (exact) mass is 1180 g/mol.